The summed E-state index contributed by atoms with van der Waals surface area (Å²) in [6.45, 7) is 7.76. The van der Waals surface area contributed by atoms with Crippen molar-refractivity contribution in [2.75, 3.05) is 6.61 Å². The van der Waals surface area contributed by atoms with Crippen molar-refractivity contribution in [3.8, 4) is 11.1 Å². The molecule has 0 aliphatic heterocycles. The zero-order valence-electron chi connectivity index (χ0n) is 20.2. The molecular weight excluding hydrogens is 432 g/mol. The van der Waals surface area contributed by atoms with Crippen LogP contribution >= 0.6 is 0 Å². The molecule has 0 spiro atoms. The van der Waals surface area contributed by atoms with Gasteiger partial charge in [-0.15, -0.1) is 0 Å². The van der Waals surface area contributed by atoms with Crippen LogP contribution in [0.5, 0.6) is 0 Å². The molecule has 34 heavy (non-hydrogen) atoms. The first-order chi connectivity index (χ1) is 16.2. The number of aliphatic carboxylic acids is 1. The highest BCUT2D eigenvalue weighted by atomic mass is 16.5. The molecule has 2 amide bonds. The van der Waals surface area contributed by atoms with Gasteiger partial charge in [0, 0.05) is 24.4 Å². The molecule has 2 aromatic rings. The fourth-order valence-corrected chi connectivity index (χ4v) is 4.35. The van der Waals surface area contributed by atoms with Gasteiger partial charge in [0.25, 0.3) is 0 Å². The normalized spacial score (nSPS) is 14.3. The predicted octanol–water partition coefficient (Wildman–Crippen LogP) is 4.56. The van der Waals surface area contributed by atoms with E-state index >= 15 is 0 Å². The monoisotopic (exact) mass is 466 g/mol. The summed E-state index contributed by atoms with van der Waals surface area (Å²) in [6, 6.07) is 15.4. The van der Waals surface area contributed by atoms with Gasteiger partial charge in [-0.1, -0.05) is 76.2 Å². The van der Waals surface area contributed by atoms with E-state index in [9.17, 15) is 14.4 Å². The van der Waals surface area contributed by atoms with E-state index in [-0.39, 0.29) is 43.1 Å². The molecule has 0 aromatic heterocycles. The molecule has 0 unspecified atom stereocenters. The maximum absolute atomic E-state index is 12.7. The van der Waals surface area contributed by atoms with Crippen molar-refractivity contribution < 1.29 is 24.2 Å². The van der Waals surface area contributed by atoms with Gasteiger partial charge in [-0.2, -0.15) is 0 Å². The number of carbonyl (C=O) groups is 3. The summed E-state index contributed by atoms with van der Waals surface area (Å²) in [4.78, 5) is 36.3. The minimum Gasteiger partial charge on any atom is -0.481 e. The number of rotatable bonds is 10. The lowest BCUT2D eigenvalue weighted by atomic mass is 9.98. The standard InChI is InChI=1S/C27H34N2O5/c1-16(2)23(13-25(30)28-24(17(3)4)14-26(31)32)29-27(33)34-15-22-20-11-7-5-9-18(20)19-10-6-8-12-21(19)22/h5-12,16-17,22-24H,13-15H2,1-4H3,(H,28,30)(H,29,33)(H,31,32)/t23-,24+/m0/s1. The molecule has 7 nitrogen and oxygen atoms in total. The van der Waals surface area contributed by atoms with E-state index in [4.69, 9.17) is 9.84 Å². The molecule has 0 fully saturated rings. The molecule has 2 atom stereocenters. The van der Waals surface area contributed by atoms with E-state index in [0.717, 1.165) is 22.3 Å². The Labute approximate surface area is 200 Å². The number of carboxylic acid groups (broad SMARTS) is 1. The lowest BCUT2D eigenvalue weighted by Crippen LogP contribution is -2.46. The SMILES string of the molecule is CC(C)[C@H](CC(=O)N[C@H](CC(=O)O)C(C)C)NC(=O)OCC1c2ccccc2-c2ccccc21. The van der Waals surface area contributed by atoms with Crippen LogP contribution in [0.2, 0.25) is 0 Å². The first-order valence-corrected chi connectivity index (χ1v) is 11.8. The van der Waals surface area contributed by atoms with Crippen LogP contribution in [0.3, 0.4) is 0 Å². The summed E-state index contributed by atoms with van der Waals surface area (Å²) in [5.74, 6) is -1.33. The number of carboxylic acids is 1. The molecule has 0 saturated heterocycles. The van der Waals surface area contributed by atoms with Gasteiger partial charge in [0.15, 0.2) is 0 Å². The summed E-state index contributed by atoms with van der Waals surface area (Å²) in [7, 11) is 0. The van der Waals surface area contributed by atoms with Gasteiger partial charge in [0.2, 0.25) is 5.91 Å². The van der Waals surface area contributed by atoms with Gasteiger partial charge < -0.3 is 20.5 Å². The third-order valence-electron chi connectivity index (χ3n) is 6.40. The van der Waals surface area contributed by atoms with Crippen molar-refractivity contribution >= 4 is 18.0 Å². The van der Waals surface area contributed by atoms with Crippen LogP contribution in [0.25, 0.3) is 11.1 Å². The number of carbonyl (C=O) groups excluding carboxylic acids is 2. The van der Waals surface area contributed by atoms with Gasteiger partial charge in [0.05, 0.1) is 6.42 Å². The van der Waals surface area contributed by atoms with Crippen LogP contribution in [0.15, 0.2) is 48.5 Å². The zero-order valence-corrected chi connectivity index (χ0v) is 20.2. The first-order valence-electron chi connectivity index (χ1n) is 11.8. The largest absolute Gasteiger partial charge is 0.481 e. The zero-order chi connectivity index (χ0) is 24.8. The fraction of sp³-hybridized carbons (Fsp3) is 0.444. The fourth-order valence-electron chi connectivity index (χ4n) is 4.35. The van der Waals surface area contributed by atoms with E-state index in [1.807, 2.05) is 52.0 Å². The molecule has 0 heterocycles. The maximum atomic E-state index is 12.7. The van der Waals surface area contributed by atoms with Gasteiger partial charge in [-0.25, -0.2) is 4.79 Å². The summed E-state index contributed by atoms with van der Waals surface area (Å²) in [6.07, 6.45) is -0.667. The topological polar surface area (TPSA) is 105 Å². The third kappa shape index (κ3) is 6.16. The molecule has 0 radical (unpaired) electrons. The van der Waals surface area contributed by atoms with Crippen LogP contribution in [0.4, 0.5) is 4.79 Å². The Balaban J connectivity index is 1.59. The number of nitrogens with one attached hydrogen (secondary N) is 2. The highest BCUT2D eigenvalue weighted by molar-refractivity contribution is 5.80. The summed E-state index contributed by atoms with van der Waals surface area (Å²) < 4.78 is 5.61. The molecule has 1 aliphatic rings. The second-order valence-electron chi connectivity index (χ2n) is 9.54. The highest BCUT2D eigenvalue weighted by Crippen LogP contribution is 2.44. The quantitative estimate of drug-likeness (QED) is 0.476. The summed E-state index contributed by atoms with van der Waals surface area (Å²) >= 11 is 0. The number of alkyl carbamates (subject to hydrolysis) is 1. The molecule has 3 rings (SSSR count). The van der Waals surface area contributed by atoms with Gasteiger partial charge in [-0.05, 0) is 34.1 Å². The molecule has 1 aliphatic carbocycles. The van der Waals surface area contributed by atoms with Crippen molar-refractivity contribution in [2.24, 2.45) is 11.8 Å². The van der Waals surface area contributed by atoms with Crippen molar-refractivity contribution in [3.63, 3.8) is 0 Å². The highest BCUT2D eigenvalue weighted by Gasteiger charge is 2.30. The van der Waals surface area contributed by atoms with E-state index in [1.54, 1.807) is 0 Å². The Morgan fingerprint density at radius 1 is 0.824 bits per heavy atom. The average molecular weight is 467 g/mol. The van der Waals surface area contributed by atoms with Gasteiger partial charge in [-0.3, -0.25) is 9.59 Å². The number of benzene rings is 2. The van der Waals surface area contributed by atoms with Gasteiger partial charge in [0.1, 0.15) is 6.61 Å². The molecule has 7 heteroatoms. The Hall–Kier alpha value is -3.35. The number of hydrogen-bond donors (Lipinski definition) is 3. The Bertz CT molecular complexity index is 988. The second kappa shape index (κ2) is 11.2. The Kier molecular flexibility index (Phi) is 8.31. The molecular formula is C27H34N2O5. The average Bonchev–Trinajstić information content (AvgIpc) is 3.10. The van der Waals surface area contributed by atoms with Crippen LogP contribution < -0.4 is 10.6 Å². The second-order valence-corrected chi connectivity index (χ2v) is 9.54. The van der Waals surface area contributed by atoms with Crippen LogP contribution in [0, 0.1) is 11.8 Å². The Morgan fingerprint density at radius 2 is 1.32 bits per heavy atom. The minimum atomic E-state index is -0.962. The minimum absolute atomic E-state index is 0.0109. The number of ether oxygens (including phenoxy) is 1. The smallest absolute Gasteiger partial charge is 0.407 e. The van der Waals surface area contributed by atoms with E-state index < -0.39 is 24.1 Å². The first kappa shape index (κ1) is 25.3. The van der Waals surface area contributed by atoms with Crippen LogP contribution in [-0.4, -0.2) is 41.8 Å². The number of hydrogen-bond acceptors (Lipinski definition) is 4. The molecule has 182 valence electrons. The van der Waals surface area contributed by atoms with Crippen molar-refractivity contribution in [1.29, 1.82) is 0 Å². The van der Waals surface area contributed by atoms with E-state index in [0.29, 0.717) is 0 Å². The number of fused-ring (bicyclic) bond motifs is 3. The lowest BCUT2D eigenvalue weighted by molar-refractivity contribution is -0.138. The lowest BCUT2D eigenvalue weighted by Gasteiger charge is -2.25. The molecule has 0 saturated carbocycles. The predicted molar refractivity (Wildman–Crippen MR) is 130 cm³/mol. The van der Waals surface area contributed by atoms with Crippen molar-refractivity contribution in [3.05, 3.63) is 59.7 Å². The van der Waals surface area contributed by atoms with E-state index in [1.165, 1.54) is 0 Å². The summed E-state index contributed by atoms with van der Waals surface area (Å²) in [5.41, 5.74) is 4.58. The molecule has 0 bridgehead atoms. The molecule has 2 aromatic carbocycles. The van der Waals surface area contributed by atoms with E-state index in [2.05, 4.69) is 34.9 Å². The van der Waals surface area contributed by atoms with Crippen molar-refractivity contribution in [2.45, 2.75) is 58.5 Å². The summed E-state index contributed by atoms with van der Waals surface area (Å²) in [5, 5.41) is 14.7. The van der Waals surface area contributed by atoms with Crippen LogP contribution in [0.1, 0.15) is 57.6 Å². The third-order valence-corrected chi connectivity index (χ3v) is 6.40. The number of amides is 2. The van der Waals surface area contributed by atoms with Crippen molar-refractivity contribution in [1.82, 2.24) is 10.6 Å². The van der Waals surface area contributed by atoms with Crippen LogP contribution in [-0.2, 0) is 14.3 Å². The molecule has 3 N–H and O–H groups in total. The maximum Gasteiger partial charge on any atom is 0.407 e. The Morgan fingerprint density at radius 3 is 1.82 bits per heavy atom. The van der Waals surface area contributed by atoms with Gasteiger partial charge >= 0.3 is 12.1 Å².